The third-order valence-corrected chi connectivity index (χ3v) is 3.52. The number of benzene rings is 1. The Kier molecular flexibility index (Phi) is 3.11. The third kappa shape index (κ3) is 2.04. The molecule has 3 rings (SSSR count). The van der Waals surface area contributed by atoms with Crippen molar-refractivity contribution in [2.75, 3.05) is 13.2 Å². The first-order chi connectivity index (χ1) is 8.86. The Bertz CT molecular complexity index is 452. The van der Waals surface area contributed by atoms with Crippen LogP contribution in [0.5, 0.6) is 0 Å². The van der Waals surface area contributed by atoms with Gasteiger partial charge in [0, 0.05) is 19.2 Å². The van der Waals surface area contributed by atoms with E-state index in [0.29, 0.717) is 13.2 Å². The van der Waals surface area contributed by atoms with Crippen molar-refractivity contribution in [1.29, 1.82) is 0 Å². The number of amides is 1. The van der Waals surface area contributed by atoms with E-state index < -0.39 is 0 Å². The number of hydrogen-bond acceptors (Lipinski definition) is 3. The summed E-state index contributed by atoms with van der Waals surface area (Å²) in [4.78, 5) is 12.4. The van der Waals surface area contributed by atoms with Crippen LogP contribution < -0.4 is 0 Å². The van der Waals surface area contributed by atoms with Gasteiger partial charge in [-0.1, -0.05) is 30.3 Å². The van der Waals surface area contributed by atoms with E-state index in [-0.39, 0.29) is 17.9 Å². The second-order valence-electron chi connectivity index (χ2n) is 4.70. The molecule has 4 heteroatoms. The summed E-state index contributed by atoms with van der Waals surface area (Å²) in [5.74, 6) is 0.0709. The van der Waals surface area contributed by atoms with Gasteiger partial charge in [0.25, 0.3) is 0 Å². The molecule has 0 N–H and O–H groups in total. The van der Waals surface area contributed by atoms with Crippen molar-refractivity contribution < 1.29 is 9.53 Å². The molecule has 94 valence electrons. The summed E-state index contributed by atoms with van der Waals surface area (Å²) in [6.45, 7) is 1.22. The van der Waals surface area contributed by atoms with Crippen LogP contribution in [-0.2, 0) is 9.53 Å². The van der Waals surface area contributed by atoms with E-state index in [0.717, 1.165) is 18.4 Å². The Morgan fingerprint density at radius 3 is 2.89 bits per heavy atom. The molecule has 4 nitrogen and oxygen atoms in total. The molecule has 2 aliphatic rings. The molecule has 2 unspecified atom stereocenters. The van der Waals surface area contributed by atoms with Crippen LogP contribution in [0.4, 0.5) is 0 Å². The maximum atomic E-state index is 12.4. The van der Waals surface area contributed by atoms with Crippen LogP contribution in [0.15, 0.2) is 35.4 Å². The molecule has 2 aliphatic heterocycles. The molecule has 1 saturated heterocycles. The van der Waals surface area contributed by atoms with E-state index in [2.05, 4.69) is 5.10 Å². The highest BCUT2D eigenvalue weighted by Crippen LogP contribution is 2.30. The highest BCUT2D eigenvalue weighted by Gasteiger charge is 2.34. The number of hydrazone groups is 1. The fourth-order valence-corrected chi connectivity index (χ4v) is 2.49. The zero-order valence-corrected chi connectivity index (χ0v) is 10.2. The lowest BCUT2D eigenvalue weighted by Gasteiger charge is -2.24. The molecule has 1 fully saturated rings. The zero-order chi connectivity index (χ0) is 12.4. The first-order valence-corrected chi connectivity index (χ1v) is 6.34. The predicted octanol–water partition coefficient (Wildman–Crippen LogP) is 1.98. The number of ether oxygens (including phenoxy) is 1. The van der Waals surface area contributed by atoms with E-state index in [1.807, 2.05) is 36.5 Å². The second-order valence-corrected chi connectivity index (χ2v) is 4.70. The normalized spacial score (nSPS) is 26.8. The van der Waals surface area contributed by atoms with Gasteiger partial charge in [0.15, 0.2) is 0 Å². The molecule has 2 heterocycles. The van der Waals surface area contributed by atoms with Crippen LogP contribution in [-0.4, -0.2) is 30.3 Å². The Balaban J connectivity index is 1.78. The van der Waals surface area contributed by atoms with Crippen LogP contribution in [0.1, 0.15) is 24.4 Å². The minimum atomic E-state index is -0.0218. The number of rotatable bonds is 2. The molecule has 0 radical (unpaired) electrons. The van der Waals surface area contributed by atoms with Crippen LogP contribution in [0, 0.1) is 5.92 Å². The number of hydrogen-bond donors (Lipinski definition) is 0. The number of carbonyl (C=O) groups excluding carboxylic acids is 1. The van der Waals surface area contributed by atoms with E-state index in [1.165, 1.54) is 0 Å². The van der Waals surface area contributed by atoms with Gasteiger partial charge in [0.2, 0.25) is 5.91 Å². The fourth-order valence-electron chi connectivity index (χ4n) is 2.49. The van der Waals surface area contributed by atoms with Gasteiger partial charge in [-0.05, 0) is 12.0 Å². The summed E-state index contributed by atoms with van der Waals surface area (Å²) >= 11 is 0. The molecule has 0 aromatic heterocycles. The van der Waals surface area contributed by atoms with Gasteiger partial charge in [-0.25, -0.2) is 5.01 Å². The van der Waals surface area contributed by atoms with E-state index >= 15 is 0 Å². The summed E-state index contributed by atoms with van der Waals surface area (Å²) < 4.78 is 5.28. The average molecular weight is 244 g/mol. The molecule has 1 aromatic rings. The summed E-state index contributed by atoms with van der Waals surface area (Å²) in [5, 5.41) is 5.87. The van der Waals surface area contributed by atoms with Crippen molar-refractivity contribution in [2.45, 2.75) is 18.9 Å². The van der Waals surface area contributed by atoms with Gasteiger partial charge in [0.1, 0.15) is 0 Å². The van der Waals surface area contributed by atoms with Crippen molar-refractivity contribution in [3.8, 4) is 0 Å². The van der Waals surface area contributed by atoms with Crippen LogP contribution in [0.3, 0.4) is 0 Å². The van der Waals surface area contributed by atoms with Gasteiger partial charge in [-0.15, -0.1) is 0 Å². The molecular formula is C14H16N2O2. The van der Waals surface area contributed by atoms with Crippen molar-refractivity contribution in [3.05, 3.63) is 35.9 Å². The molecular weight excluding hydrogens is 228 g/mol. The van der Waals surface area contributed by atoms with Gasteiger partial charge in [-0.3, -0.25) is 4.79 Å². The molecule has 0 bridgehead atoms. The number of carbonyl (C=O) groups is 1. The van der Waals surface area contributed by atoms with Crippen LogP contribution >= 0.6 is 0 Å². The average Bonchev–Trinajstić information content (AvgIpc) is 3.10. The quantitative estimate of drug-likeness (QED) is 0.798. The maximum Gasteiger partial charge on any atom is 0.248 e. The summed E-state index contributed by atoms with van der Waals surface area (Å²) in [6, 6.07) is 10.1. The molecule has 0 spiro atoms. The molecule has 18 heavy (non-hydrogen) atoms. The van der Waals surface area contributed by atoms with Crippen molar-refractivity contribution in [3.63, 3.8) is 0 Å². The highest BCUT2D eigenvalue weighted by molar-refractivity contribution is 5.82. The van der Waals surface area contributed by atoms with Crippen LogP contribution in [0.25, 0.3) is 0 Å². The zero-order valence-electron chi connectivity index (χ0n) is 10.2. The third-order valence-electron chi connectivity index (χ3n) is 3.52. The second kappa shape index (κ2) is 4.90. The predicted molar refractivity (Wildman–Crippen MR) is 68.1 cm³/mol. The van der Waals surface area contributed by atoms with E-state index in [4.69, 9.17) is 4.74 Å². The van der Waals surface area contributed by atoms with Crippen molar-refractivity contribution in [1.82, 2.24) is 5.01 Å². The molecule has 1 amide bonds. The minimum absolute atomic E-state index is 0.0218. The van der Waals surface area contributed by atoms with E-state index in [9.17, 15) is 4.79 Å². The lowest BCUT2D eigenvalue weighted by atomic mass is 10.0. The highest BCUT2D eigenvalue weighted by atomic mass is 16.5. The lowest BCUT2D eigenvalue weighted by molar-refractivity contribution is -0.137. The van der Waals surface area contributed by atoms with E-state index in [1.54, 1.807) is 5.01 Å². The summed E-state index contributed by atoms with van der Waals surface area (Å²) in [7, 11) is 0. The molecule has 1 aromatic carbocycles. The number of nitrogens with zero attached hydrogens (tertiary/aromatic N) is 2. The van der Waals surface area contributed by atoms with Gasteiger partial charge in [-0.2, -0.15) is 5.10 Å². The smallest absolute Gasteiger partial charge is 0.248 e. The Morgan fingerprint density at radius 2 is 2.17 bits per heavy atom. The Labute approximate surface area is 106 Å². The Morgan fingerprint density at radius 1 is 1.33 bits per heavy atom. The van der Waals surface area contributed by atoms with Gasteiger partial charge in [0.05, 0.1) is 18.6 Å². The summed E-state index contributed by atoms with van der Waals surface area (Å²) in [5.41, 5.74) is 1.14. The molecule has 0 aliphatic carbocycles. The maximum absolute atomic E-state index is 12.4. The lowest BCUT2D eigenvalue weighted by Crippen LogP contribution is -2.33. The van der Waals surface area contributed by atoms with Gasteiger partial charge < -0.3 is 4.74 Å². The standard InChI is InChI=1S/C14H16N2O2/c17-14(12-7-9-18-10-12)16-13(6-8-15-16)11-4-2-1-3-5-11/h1-5,8,12-13H,6-7,9-10H2. The van der Waals surface area contributed by atoms with Crippen molar-refractivity contribution >= 4 is 12.1 Å². The first-order valence-electron chi connectivity index (χ1n) is 6.34. The molecule has 2 atom stereocenters. The summed E-state index contributed by atoms with van der Waals surface area (Å²) in [6.07, 6.45) is 3.43. The minimum Gasteiger partial charge on any atom is -0.381 e. The SMILES string of the molecule is O=C(C1CCOC1)N1N=CCC1c1ccccc1. The van der Waals surface area contributed by atoms with Gasteiger partial charge >= 0.3 is 0 Å². The largest absolute Gasteiger partial charge is 0.381 e. The monoisotopic (exact) mass is 244 g/mol. The first kappa shape index (κ1) is 11.4. The van der Waals surface area contributed by atoms with Crippen molar-refractivity contribution in [2.24, 2.45) is 11.0 Å². The topological polar surface area (TPSA) is 41.9 Å². The van der Waals surface area contributed by atoms with Crippen LogP contribution in [0.2, 0.25) is 0 Å². The fraction of sp³-hybridized carbons (Fsp3) is 0.429. The molecule has 0 saturated carbocycles. The Hall–Kier alpha value is -1.68.